The molecule has 2 heterocycles. The fourth-order valence-corrected chi connectivity index (χ4v) is 5.01. The quantitative estimate of drug-likeness (QED) is 0.648. The smallest absolute Gasteiger partial charge is 0.246 e. The first-order chi connectivity index (χ1) is 14.8. The lowest BCUT2D eigenvalue weighted by Crippen LogP contribution is -2.45. The summed E-state index contributed by atoms with van der Waals surface area (Å²) in [5.41, 5.74) is 3.70. The Morgan fingerprint density at radius 2 is 1.68 bits per heavy atom. The Bertz CT molecular complexity index is 794. The van der Waals surface area contributed by atoms with E-state index in [0.717, 1.165) is 18.4 Å². The highest BCUT2D eigenvalue weighted by Gasteiger charge is 2.27. The lowest BCUT2D eigenvalue weighted by atomic mass is 9.94. The molecule has 1 aliphatic heterocycles. The maximum absolute atomic E-state index is 12.8. The van der Waals surface area contributed by atoms with E-state index in [1.54, 1.807) is 6.08 Å². The molecule has 172 valence electrons. The van der Waals surface area contributed by atoms with E-state index in [1.807, 2.05) is 11.0 Å². The van der Waals surface area contributed by atoms with Crippen LogP contribution in [0.1, 0.15) is 88.7 Å². The minimum atomic E-state index is 0.0173. The van der Waals surface area contributed by atoms with Crippen molar-refractivity contribution in [3.05, 3.63) is 29.1 Å². The van der Waals surface area contributed by atoms with Gasteiger partial charge in [0.15, 0.2) is 0 Å². The Morgan fingerprint density at radius 1 is 1.03 bits per heavy atom. The first kappa shape index (κ1) is 23.6. The van der Waals surface area contributed by atoms with Crippen LogP contribution in [0.3, 0.4) is 0 Å². The van der Waals surface area contributed by atoms with Gasteiger partial charge in [0, 0.05) is 48.6 Å². The average Bonchev–Trinajstić information content (AvgIpc) is 3.05. The SMILES string of the molecule is Cc1cc(/C=C/C(=O)N2CCC(C(=O)NC(C)C(C)C)CC2)c(C)n1C1CCCCC1. The summed E-state index contributed by atoms with van der Waals surface area (Å²) >= 11 is 0. The van der Waals surface area contributed by atoms with Crippen molar-refractivity contribution >= 4 is 17.9 Å². The molecule has 1 saturated carbocycles. The monoisotopic (exact) mass is 427 g/mol. The largest absolute Gasteiger partial charge is 0.353 e. The van der Waals surface area contributed by atoms with Crippen LogP contribution in [0.25, 0.3) is 6.08 Å². The van der Waals surface area contributed by atoms with Crippen LogP contribution in [-0.4, -0.2) is 40.4 Å². The highest BCUT2D eigenvalue weighted by molar-refractivity contribution is 5.92. The molecule has 2 fully saturated rings. The zero-order chi connectivity index (χ0) is 22.5. The summed E-state index contributed by atoms with van der Waals surface area (Å²) in [6, 6.07) is 3.00. The summed E-state index contributed by atoms with van der Waals surface area (Å²) < 4.78 is 2.48. The summed E-state index contributed by atoms with van der Waals surface area (Å²) in [4.78, 5) is 27.1. The second-order valence-electron chi connectivity index (χ2n) is 9.96. The third-order valence-corrected chi connectivity index (χ3v) is 7.42. The number of nitrogens with one attached hydrogen (secondary N) is 1. The Kier molecular flexibility index (Phi) is 8.01. The highest BCUT2D eigenvalue weighted by atomic mass is 16.2. The van der Waals surface area contributed by atoms with Gasteiger partial charge in [-0.05, 0) is 70.1 Å². The molecule has 5 heteroatoms. The first-order valence-corrected chi connectivity index (χ1v) is 12.2. The van der Waals surface area contributed by atoms with Crippen molar-refractivity contribution in [2.45, 2.75) is 91.6 Å². The standard InChI is InChI=1S/C26H41N3O2/c1-18(2)20(4)27-26(31)22-13-15-28(16-14-22)25(30)12-11-23-17-19(3)29(21(23)5)24-9-7-6-8-10-24/h11-12,17-18,20,22,24H,6-10,13-16H2,1-5H3,(H,27,31)/b12-11+. The molecular weight excluding hydrogens is 386 g/mol. The van der Waals surface area contributed by atoms with E-state index in [2.05, 4.69) is 50.6 Å². The number of rotatable bonds is 6. The van der Waals surface area contributed by atoms with Gasteiger partial charge in [0.05, 0.1) is 0 Å². The van der Waals surface area contributed by atoms with Crippen molar-refractivity contribution < 1.29 is 9.59 Å². The molecule has 5 nitrogen and oxygen atoms in total. The van der Waals surface area contributed by atoms with Crippen molar-refractivity contribution in [3.63, 3.8) is 0 Å². The second-order valence-corrected chi connectivity index (χ2v) is 9.96. The van der Waals surface area contributed by atoms with Gasteiger partial charge in [-0.3, -0.25) is 9.59 Å². The first-order valence-electron chi connectivity index (χ1n) is 12.2. The van der Waals surface area contributed by atoms with Crippen LogP contribution in [0, 0.1) is 25.7 Å². The minimum Gasteiger partial charge on any atom is -0.353 e. The number of aromatic nitrogens is 1. The van der Waals surface area contributed by atoms with E-state index in [1.165, 1.54) is 43.5 Å². The molecule has 1 unspecified atom stereocenters. The van der Waals surface area contributed by atoms with Crippen LogP contribution in [0.4, 0.5) is 0 Å². The Labute approximate surface area is 188 Å². The van der Waals surface area contributed by atoms with Crippen LogP contribution in [-0.2, 0) is 9.59 Å². The predicted octanol–water partition coefficient (Wildman–Crippen LogP) is 5.02. The van der Waals surface area contributed by atoms with Gasteiger partial charge in [0.2, 0.25) is 11.8 Å². The Morgan fingerprint density at radius 3 is 2.29 bits per heavy atom. The minimum absolute atomic E-state index is 0.0173. The molecule has 2 aliphatic rings. The summed E-state index contributed by atoms with van der Waals surface area (Å²) in [6.45, 7) is 11.9. The molecule has 2 amide bonds. The third-order valence-electron chi connectivity index (χ3n) is 7.42. The Balaban J connectivity index is 1.55. The summed E-state index contributed by atoms with van der Waals surface area (Å²) in [5, 5.41) is 3.12. The van der Waals surface area contributed by atoms with Crippen LogP contribution >= 0.6 is 0 Å². The summed E-state index contributed by atoms with van der Waals surface area (Å²) in [6.07, 6.45) is 11.7. The van der Waals surface area contributed by atoms with Crippen molar-refractivity contribution in [2.75, 3.05) is 13.1 Å². The van der Waals surface area contributed by atoms with Gasteiger partial charge >= 0.3 is 0 Å². The molecule has 3 rings (SSSR count). The van der Waals surface area contributed by atoms with Crippen LogP contribution in [0.2, 0.25) is 0 Å². The lowest BCUT2D eigenvalue weighted by Gasteiger charge is -2.31. The number of hydrogen-bond donors (Lipinski definition) is 1. The predicted molar refractivity (Wildman–Crippen MR) is 127 cm³/mol. The van der Waals surface area contributed by atoms with E-state index in [9.17, 15) is 9.59 Å². The zero-order valence-corrected chi connectivity index (χ0v) is 20.1. The van der Waals surface area contributed by atoms with Gasteiger partial charge in [-0.15, -0.1) is 0 Å². The molecule has 1 aromatic heterocycles. The Hall–Kier alpha value is -2.04. The fraction of sp³-hybridized carbons (Fsp3) is 0.692. The fourth-order valence-electron chi connectivity index (χ4n) is 5.01. The summed E-state index contributed by atoms with van der Waals surface area (Å²) in [5.74, 6) is 0.635. The third kappa shape index (κ3) is 5.81. The van der Waals surface area contributed by atoms with Crippen molar-refractivity contribution in [1.29, 1.82) is 0 Å². The molecule has 1 aromatic rings. The van der Waals surface area contributed by atoms with Gasteiger partial charge in [-0.25, -0.2) is 0 Å². The molecule has 0 bridgehead atoms. The van der Waals surface area contributed by atoms with E-state index in [0.29, 0.717) is 25.0 Å². The van der Waals surface area contributed by atoms with Gasteiger partial charge in [0.1, 0.15) is 0 Å². The van der Waals surface area contributed by atoms with Crippen molar-refractivity contribution in [1.82, 2.24) is 14.8 Å². The zero-order valence-electron chi connectivity index (χ0n) is 20.1. The van der Waals surface area contributed by atoms with E-state index in [-0.39, 0.29) is 23.8 Å². The number of amides is 2. The number of likely N-dealkylation sites (tertiary alicyclic amines) is 1. The number of piperidine rings is 1. The van der Waals surface area contributed by atoms with Crippen molar-refractivity contribution in [2.24, 2.45) is 11.8 Å². The molecule has 1 saturated heterocycles. The van der Waals surface area contributed by atoms with Crippen molar-refractivity contribution in [3.8, 4) is 0 Å². The maximum Gasteiger partial charge on any atom is 0.246 e. The second kappa shape index (κ2) is 10.5. The molecule has 0 aromatic carbocycles. The van der Waals surface area contributed by atoms with Gasteiger partial charge in [-0.1, -0.05) is 33.1 Å². The molecule has 31 heavy (non-hydrogen) atoms. The average molecular weight is 428 g/mol. The topological polar surface area (TPSA) is 54.3 Å². The van der Waals surface area contributed by atoms with Crippen LogP contribution in [0.5, 0.6) is 0 Å². The molecular formula is C26H41N3O2. The summed E-state index contributed by atoms with van der Waals surface area (Å²) in [7, 11) is 0. The number of aryl methyl sites for hydroxylation is 1. The van der Waals surface area contributed by atoms with Gasteiger partial charge in [0.25, 0.3) is 0 Å². The van der Waals surface area contributed by atoms with Gasteiger partial charge in [-0.2, -0.15) is 0 Å². The molecule has 1 aliphatic carbocycles. The lowest BCUT2D eigenvalue weighted by molar-refractivity contribution is -0.132. The van der Waals surface area contributed by atoms with E-state index < -0.39 is 0 Å². The maximum atomic E-state index is 12.8. The molecule has 1 N–H and O–H groups in total. The van der Waals surface area contributed by atoms with Gasteiger partial charge < -0.3 is 14.8 Å². The van der Waals surface area contributed by atoms with E-state index in [4.69, 9.17) is 0 Å². The number of carbonyl (C=O) groups is 2. The van der Waals surface area contributed by atoms with Crippen LogP contribution in [0.15, 0.2) is 12.1 Å². The highest BCUT2D eigenvalue weighted by Crippen LogP contribution is 2.32. The molecule has 0 spiro atoms. The van der Waals surface area contributed by atoms with E-state index >= 15 is 0 Å². The number of carbonyl (C=O) groups excluding carboxylic acids is 2. The molecule has 1 atom stereocenters. The number of hydrogen-bond acceptors (Lipinski definition) is 2. The molecule has 0 radical (unpaired) electrons. The van der Waals surface area contributed by atoms with Crippen LogP contribution < -0.4 is 5.32 Å². The normalized spacial score (nSPS) is 19.9. The number of nitrogens with zero attached hydrogens (tertiary/aromatic N) is 2.